The fourth-order valence-electron chi connectivity index (χ4n) is 3.99. The van der Waals surface area contributed by atoms with Gasteiger partial charge in [-0.1, -0.05) is 6.07 Å². The first-order valence-corrected chi connectivity index (χ1v) is 9.67. The highest BCUT2D eigenvalue weighted by atomic mass is 16.1. The number of anilines is 1. The van der Waals surface area contributed by atoms with Gasteiger partial charge in [0.1, 0.15) is 5.65 Å². The molecule has 0 aliphatic carbocycles. The van der Waals surface area contributed by atoms with Crippen LogP contribution in [0.3, 0.4) is 0 Å². The lowest BCUT2D eigenvalue weighted by atomic mass is 9.94. The molecule has 4 aromatic rings. The van der Waals surface area contributed by atoms with E-state index < -0.39 is 0 Å². The Morgan fingerprint density at radius 3 is 2.83 bits per heavy atom. The molecule has 0 saturated carbocycles. The number of H-pyrrole nitrogens is 1. The predicted molar refractivity (Wildman–Crippen MR) is 110 cm³/mol. The largest absolute Gasteiger partial charge is 0.321 e. The van der Waals surface area contributed by atoms with E-state index in [4.69, 9.17) is 5.10 Å². The van der Waals surface area contributed by atoms with Gasteiger partial charge in [0.05, 0.1) is 27.8 Å². The zero-order valence-electron chi connectivity index (χ0n) is 15.7. The van der Waals surface area contributed by atoms with E-state index in [1.165, 1.54) is 6.20 Å². The quantitative estimate of drug-likeness (QED) is 0.500. The molecule has 0 atom stereocenters. The Kier molecular flexibility index (Phi) is 4.33. The van der Waals surface area contributed by atoms with Gasteiger partial charge >= 0.3 is 0 Å². The van der Waals surface area contributed by atoms with Crippen LogP contribution in [-0.4, -0.2) is 38.6 Å². The van der Waals surface area contributed by atoms with Crippen molar-refractivity contribution in [3.63, 3.8) is 0 Å². The summed E-state index contributed by atoms with van der Waals surface area (Å²) in [6.07, 6.45) is 5.05. The van der Waals surface area contributed by atoms with E-state index >= 15 is 0 Å². The van der Waals surface area contributed by atoms with E-state index in [1.54, 1.807) is 24.4 Å². The highest BCUT2D eigenvalue weighted by Gasteiger charge is 2.22. The van der Waals surface area contributed by atoms with Crippen LogP contribution in [0, 0.1) is 0 Å². The fraction of sp³-hybridized carbons (Fsp3) is 0.238. The number of amides is 1. The van der Waals surface area contributed by atoms with E-state index in [-0.39, 0.29) is 17.4 Å². The molecule has 29 heavy (non-hydrogen) atoms. The number of rotatable bonds is 3. The summed E-state index contributed by atoms with van der Waals surface area (Å²) in [5, 5.41) is 11.7. The molecule has 146 valence electrons. The van der Waals surface area contributed by atoms with Crippen LogP contribution in [0.1, 0.15) is 34.8 Å². The summed E-state index contributed by atoms with van der Waals surface area (Å²) in [7, 11) is 0. The number of aromatic amines is 1. The standard InChI is InChI=1S/C21H20N6O2/c28-18-11-17(13-6-9-22-10-7-13)27-20(25-18)19-15(4-1-5-16(19)26-27)24-21(29)14-3-2-8-23-12-14/h1-5,8,11-13,22H,6-7,9-10H2,(H,24,29)(H,25,28). The first-order valence-electron chi connectivity index (χ1n) is 9.67. The highest BCUT2D eigenvalue weighted by molar-refractivity contribution is 6.11. The van der Waals surface area contributed by atoms with E-state index in [2.05, 4.69) is 20.6 Å². The Labute approximate surface area is 166 Å². The molecule has 0 radical (unpaired) electrons. The molecule has 3 aromatic heterocycles. The smallest absolute Gasteiger partial charge is 0.257 e. The third-order valence-electron chi connectivity index (χ3n) is 5.39. The molecule has 5 rings (SSSR count). The minimum Gasteiger partial charge on any atom is -0.321 e. The number of pyridine rings is 1. The number of fused-ring (bicyclic) bond motifs is 3. The average molecular weight is 388 g/mol. The molecule has 1 aliphatic rings. The van der Waals surface area contributed by atoms with E-state index in [0.29, 0.717) is 22.4 Å². The van der Waals surface area contributed by atoms with Gasteiger partial charge in [-0.25, -0.2) is 4.52 Å². The molecular formula is C21H20N6O2. The summed E-state index contributed by atoms with van der Waals surface area (Å²) in [4.78, 5) is 32.0. The van der Waals surface area contributed by atoms with Crippen LogP contribution in [-0.2, 0) is 0 Å². The number of carbonyl (C=O) groups is 1. The van der Waals surface area contributed by atoms with Crippen molar-refractivity contribution in [1.82, 2.24) is 24.9 Å². The number of carbonyl (C=O) groups excluding carboxylic acids is 1. The van der Waals surface area contributed by atoms with Gasteiger partial charge in [0.25, 0.3) is 11.5 Å². The van der Waals surface area contributed by atoms with Gasteiger partial charge < -0.3 is 15.6 Å². The maximum absolute atomic E-state index is 12.6. The average Bonchev–Trinajstić information content (AvgIpc) is 3.14. The van der Waals surface area contributed by atoms with Crippen molar-refractivity contribution in [2.24, 2.45) is 0 Å². The van der Waals surface area contributed by atoms with Gasteiger partial charge in [-0.2, -0.15) is 5.10 Å². The SMILES string of the molecule is O=C(Nc1cccc2nn3c(C4CCNCC4)cc(=O)[nH]c3c12)c1cccnc1. The summed E-state index contributed by atoms with van der Waals surface area (Å²) in [6.45, 7) is 1.85. The van der Waals surface area contributed by atoms with E-state index in [1.807, 2.05) is 22.7 Å². The van der Waals surface area contributed by atoms with Crippen LogP contribution >= 0.6 is 0 Å². The molecule has 1 aromatic carbocycles. The second-order valence-corrected chi connectivity index (χ2v) is 7.24. The number of nitrogens with one attached hydrogen (secondary N) is 3. The molecule has 8 nitrogen and oxygen atoms in total. The predicted octanol–water partition coefficient (Wildman–Crippen LogP) is 2.29. The van der Waals surface area contributed by atoms with Crippen molar-refractivity contribution in [2.75, 3.05) is 18.4 Å². The molecule has 1 amide bonds. The molecule has 1 fully saturated rings. The summed E-state index contributed by atoms with van der Waals surface area (Å²) in [5.41, 5.74) is 3.12. The van der Waals surface area contributed by atoms with Gasteiger partial charge in [0, 0.05) is 24.4 Å². The number of hydrogen-bond acceptors (Lipinski definition) is 5. The third kappa shape index (κ3) is 3.17. The number of aromatic nitrogens is 4. The van der Waals surface area contributed by atoms with Crippen molar-refractivity contribution >= 4 is 28.1 Å². The third-order valence-corrected chi connectivity index (χ3v) is 5.39. The van der Waals surface area contributed by atoms with Crippen molar-refractivity contribution in [3.8, 4) is 0 Å². The van der Waals surface area contributed by atoms with Crippen molar-refractivity contribution in [2.45, 2.75) is 18.8 Å². The van der Waals surface area contributed by atoms with E-state index in [0.717, 1.165) is 37.0 Å². The first kappa shape index (κ1) is 17.6. The Hall–Kier alpha value is -3.52. The number of benzene rings is 1. The highest BCUT2D eigenvalue weighted by Crippen LogP contribution is 2.30. The molecule has 4 heterocycles. The second-order valence-electron chi connectivity index (χ2n) is 7.24. The van der Waals surface area contributed by atoms with Gasteiger partial charge in [-0.3, -0.25) is 14.6 Å². The molecule has 0 spiro atoms. The van der Waals surface area contributed by atoms with Gasteiger partial charge in [0.2, 0.25) is 0 Å². The monoisotopic (exact) mass is 388 g/mol. The van der Waals surface area contributed by atoms with Crippen LogP contribution in [0.15, 0.2) is 53.6 Å². The Morgan fingerprint density at radius 1 is 1.17 bits per heavy atom. The Morgan fingerprint density at radius 2 is 2.03 bits per heavy atom. The van der Waals surface area contributed by atoms with Crippen molar-refractivity contribution < 1.29 is 4.79 Å². The van der Waals surface area contributed by atoms with Crippen LogP contribution in [0.5, 0.6) is 0 Å². The lowest BCUT2D eigenvalue weighted by Gasteiger charge is -2.23. The zero-order chi connectivity index (χ0) is 19.8. The summed E-state index contributed by atoms with van der Waals surface area (Å²) < 4.78 is 1.82. The van der Waals surface area contributed by atoms with Crippen LogP contribution in [0.4, 0.5) is 5.69 Å². The fourth-order valence-corrected chi connectivity index (χ4v) is 3.99. The zero-order valence-corrected chi connectivity index (χ0v) is 15.7. The molecule has 1 saturated heterocycles. The molecular weight excluding hydrogens is 368 g/mol. The molecule has 0 unspecified atom stereocenters. The first-order chi connectivity index (χ1) is 14.2. The lowest BCUT2D eigenvalue weighted by Crippen LogP contribution is -2.28. The molecule has 0 bridgehead atoms. The lowest BCUT2D eigenvalue weighted by molar-refractivity contribution is 0.102. The number of hydrogen-bond donors (Lipinski definition) is 3. The Balaban J connectivity index is 1.65. The molecule has 8 heteroatoms. The Bertz CT molecular complexity index is 1250. The normalized spacial score (nSPS) is 15.0. The number of nitrogens with zero attached hydrogens (tertiary/aromatic N) is 3. The maximum Gasteiger partial charge on any atom is 0.257 e. The van der Waals surface area contributed by atoms with Crippen LogP contribution in [0.2, 0.25) is 0 Å². The summed E-state index contributed by atoms with van der Waals surface area (Å²) in [6, 6.07) is 10.6. The van der Waals surface area contributed by atoms with Crippen LogP contribution in [0.25, 0.3) is 16.6 Å². The number of piperidine rings is 1. The van der Waals surface area contributed by atoms with Gasteiger partial charge in [-0.15, -0.1) is 0 Å². The minimum atomic E-state index is -0.262. The van der Waals surface area contributed by atoms with Crippen LogP contribution < -0.4 is 16.2 Å². The van der Waals surface area contributed by atoms with Gasteiger partial charge in [0.15, 0.2) is 0 Å². The molecule has 3 N–H and O–H groups in total. The molecule has 1 aliphatic heterocycles. The topological polar surface area (TPSA) is 104 Å². The van der Waals surface area contributed by atoms with Crippen molar-refractivity contribution in [3.05, 3.63) is 70.4 Å². The van der Waals surface area contributed by atoms with Crippen molar-refractivity contribution in [1.29, 1.82) is 0 Å². The van der Waals surface area contributed by atoms with Gasteiger partial charge in [-0.05, 0) is 50.2 Å². The summed E-state index contributed by atoms with van der Waals surface area (Å²) >= 11 is 0. The summed E-state index contributed by atoms with van der Waals surface area (Å²) in [5.74, 6) is 0.00519. The van der Waals surface area contributed by atoms with E-state index in [9.17, 15) is 9.59 Å². The maximum atomic E-state index is 12.6. The second kappa shape index (κ2) is 7.14. The minimum absolute atomic E-state index is 0.166.